The van der Waals surface area contributed by atoms with Gasteiger partial charge in [-0.3, -0.25) is 4.79 Å². The summed E-state index contributed by atoms with van der Waals surface area (Å²) in [6, 6.07) is 0. The van der Waals surface area contributed by atoms with E-state index in [1.54, 1.807) is 0 Å². The van der Waals surface area contributed by atoms with Crippen LogP contribution in [-0.4, -0.2) is 16.3 Å². The maximum atomic E-state index is 12.6. The molecule has 2 aliphatic heterocycles. The first kappa shape index (κ1) is 13.8. The van der Waals surface area contributed by atoms with Crippen LogP contribution in [0.25, 0.3) is 0 Å². The Kier molecular flexibility index (Phi) is 4.23. The highest BCUT2D eigenvalue weighted by atomic mass is 32.2. The largest absolute Gasteiger partial charge is 0.297 e. The average molecular weight is 282 g/mol. The molecular weight excluding hydrogens is 260 g/mol. The molecule has 4 atom stereocenters. The van der Waals surface area contributed by atoms with E-state index >= 15 is 0 Å². The minimum absolute atomic E-state index is 0.161. The van der Waals surface area contributed by atoms with E-state index in [1.807, 2.05) is 0 Å². The van der Waals surface area contributed by atoms with Gasteiger partial charge in [0.2, 0.25) is 0 Å². The van der Waals surface area contributed by atoms with E-state index in [1.165, 1.54) is 9.81 Å². The van der Waals surface area contributed by atoms with E-state index in [0.717, 1.165) is 0 Å². The van der Waals surface area contributed by atoms with Gasteiger partial charge in [-0.25, -0.2) is 21.8 Å². The van der Waals surface area contributed by atoms with Gasteiger partial charge in [0.25, 0.3) is 0 Å². The van der Waals surface area contributed by atoms with Gasteiger partial charge in [-0.2, -0.15) is 0 Å². The molecule has 2 rings (SSSR count). The predicted octanol–water partition coefficient (Wildman–Crippen LogP) is 4.20. The van der Waals surface area contributed by atoms with E-state index < -0.39 is 0 Å². The Hall–Kier alpha value is -0.670. The summed E-state index contributed by atoms with van der Waals surface area (Å²) in [4.78, 5) is 15.4. The number of Topliss-reactive ketones (excluding diaryl/α,β-unsaturated/α-hetero) is 1. The van der Waals surface area contributed by atoms with Crippen molar-refractivity contribution < 1.29 is 4.79 Å². The van der Waals surface area contributed by atoms with Crippen LogP contribution in [0.3, 0.4) is 0 Å². The van der Waals surface area contributed by atoms with Gasteiger partial charge in [-0.15, -0.1) is 0 Å². The summed E-state index contributed by atoms with van der Waals surface area (Å²) < 4.78 is 0. The molecule has 0 aromatic rings. The second-order valence-corrected chi connectivity index (χ2v) is 10.1. The lowest BCUT2D eigenvalue weighted by molar-refractivity contribution is -0.117. The summed E-state index contributed by atoms with van der Waals surface area (Å²) >= 11 is 0. The van der Waals surface area contributed by atoms with E-state index in [9.17, 15) is 4.79 Å². The quantitative estimate of drug-likeness (QED) is 0.739. The molecule has 18 heavy (non-hydrogen) atoms. The highest BCUT2D eigenvalue weighted by Crippen LogP contribution is 2.50. The van der Waals surface area contributed by atoms with Crippen molar-refractivity contribution in [2.75, 3.05) is 0 Å². The molecule has 0 aliphatic carbocycles. The third kappa shape index (κ3) is 2.52. The summed E-state index contributed by atoms with van der Waals surface area (Å²) in [6.07, 6.45) is 8.49. The number of rotatable bonds is 4. The van der Waals surface area contributed by atoms with Crippen molar-refractivity contribution in [2.45, 2.75) is 38.2 Å². The van der Waals surface area contributed by atoms with Gasteiger partial charge in [0.05, 0.1) is 10.5 Å². The Morgan fingerprint density at radius 1 is 0.944 bits per heavy atom. The molecule has 0 N–H and O–H groups in total. The molecule has 0 saturated carbocycles. The Morgan fingerprint density at radius 3 is 1.61 bits per heavy atom. The summed E-state index contributed by atoms with van der Waals surface area (Å²) in [7, 11) is -0.740. The maximum absolute atomic E-state index is 12.6. The first-order valence-electron chi connectivity index (χ1n) is 6.33. The average Bonchev–Trinajstić information content (AvgIpc) is 2.95. The predicted molar refractivity (Wildman–Crippen MR) is 87.7 cm³/mol. The zero-order valence-corrected chi connectivity index (χ0v) is 13.2. The molecule has 0 aromatic carbocycles. The van der Waals surface area contributed by atoms with Crippen LogP contribution in [0.4, 0.5) is 0 Å². The third-order valence-corrected chi connectivity index (χ3v) is 8.73. The standard InChI is InChI=1S/C15H22OS2/c1-11-7-5-9-17(11)13(3)15(16)14(4)18-10-6-8-12(18)2/h5-10,13-14,17-18H,1-4H3. The molecule has 3 heteroatoms. The van der Waals surface area contributed by atoms with Crippen LogP contribution in [0, 0.1) is 0 Å². The van der Waals surface area contributed by atoms with Crippen LogP contribution in [0.15, 0.2) is 44.9 Å². The van der Waals surface area contributed by atoms with Crippen LogP contribution < -0.4 is 0 Å². The molecule has 2 heterocycles. The number of carbonyl (C=O) groups excluding carboxylic acids is 1. The zero-order chi connectivity index (χ0) is 13.3. The smallest absolute Gasteiger partial charge is 0.155 e. The number of allylic oxidation sites excluding steroid dienone is 6. The summed E-state index contributed by atoms with van der Waals surface area (Å²) in [6.45, 7) is 8.50. The SMILES string of the molecule is CC1=CC=C[SH]1C(C)C(=O)C(C)[SH]1C=CC=C1C. The molecule has 0 saturated heterocycles. The topological polar surface area (TPSA) is 17.1 Å². The first-order chi connectivity index (χ1) is 8.52. The van der Waals surface area contributed by atoms with Crippen LogP contribution >= 0.6 is 21.8 Å². The lowest BCUT2D eigenvalue weighted by Gasteiger charge is -2.29. The Balaban J connectivity index is 2.07. The maximum Gasteiger partial charge on any atom is 0.155 e. The van der Waals surface area contributed by atoms with Crippen molar-refractivity contribution in [3.63, 3.8) is 0 Å². The van der Waals surface area contributed by atoms with Crippen molar-refractivity contribution in [3.05, 3.63) is 44.9 Å². The Labute approximate surface area is 115 Å². The normalized spacial score (nSPS) is 33.1. The fourth-order valence-corrected chi connectivity index (χ4v) is 6.83. The fourth-order valence-electron chi connectivity index (χ4n) is 2.45. The van der Waals surface area contributed by atoms with Gasteiger partial charge in [0.15, 0.2) is 5.78 Å². The number of hydrogen-bond acceptors (Lipinski definition) is 1. The lowest BCUT2D eigenvalue weighted by Crippen LogP contribution is -2.27. The zero-order valence-electron chi connectivity index (χ0n) is 11.4. The van der Waals surface area contributed by atoms with Crippen LogP contribution in [0.1, 0.15) is 27.7 Å². The first-order valence-corrected chi connectivity index (χ1v) is 9.29. The number of thiol groups is 2. The van der Waals surface area contributed by atoms with Crippen LogP contribution in [0.5, 0.6) is 0 Å². The Morgan fingerprint density at radius 2 is 1.33 bits per heavy atom. The minimum atomic E-state index is -0.370. The van der Waals surface area contributed by atoms with Gasteiger partial charge in [-0.1, -0.05) is 24.3 Å². The fraction of sp³-hybridized carbons (Fsp3) is 0.400. The molecule has 1 nitrogen and oxygen atoms in total. The van der Waals surface area contributed by atoms with Gasteiger partial charge >= 0.3 is 0 Å². The molecule has 100 valence electrons. The number of ketones is 1. The molecule has 0 radical (unpaired) electrons. The van der Waals surface area contributed by atoms with Crippen molar-refractivity contribution in [1.82, 2.24) is 0 Å². The third-order valence-electron chi connectivity index (χ3n) is 3.64. The molecule has 0 amide bonds. The molecule has 4 unspecified atom stereocenters. The summed E-state index contributed by atoms with van der Waals surface area (Å²) in [5.74, 6) is 0.436. The molecule has 0 bridgehead atoms. The monoisotopic (exact) mass is 282 g/mol. The van der Waals surface area contributed by atoms with Crippen molar-refractivity contribution in [3.8, 4) is 0 Å². The summed E-state index contributed by atoms with van der Waals surface area (Å²) in [5.41, 5.74) is 0. The molecule has 0 aromatic heterocycles. The van der Waals surface area contributed by atoms with Crippen LogP contribution in [-0.2, 0) is 4.79 Å². The second-order valence-electron chi connectivity index (χ2n) is 4.87. The number of hydrogen-bond donors (Lipinski definition) is 2. The van der Waals surface area contributed by atoms with Crippen molar-refractivity contribution in [2.24, 2.45) is 0 Å². The van der Waals surface area contributed by atoms with Crippen molar-refractivity contribution in [1.29, 1.82) is 0 Å². The lowest BCUT2D eigenvalue weighted by atomic mass is 10.2. The van der Waals surface area contributed by atoms with Crippen LogP contribution in [0.2, 0.25) is 0 Å². The van der Waals surface area contributed by atoms with Crippen molar-refractivity contribution >= 4 is 27.6 Å². The van der Waals surface area contributed by atoms with Gasteiger partial charge in [0.1, 0.15) is 0 Å². The van der Waals surface area contributed by atoms with E-state index in [-0.39, 0.29) is 32.3 Å². The second kappa shape index (κ2) is 5.54. The molecule has 2 aliphatic rings. The summed E-state index contributed by atoms with van der Waals surface area (Å²) in [5, 5.41) is 4.77. The van der Waals surface area contributed by atoms with E-state index in [2.05, 4.69) is 62.8 Å². The van der Waals surface area contributed by atoms with E-state index in [0.29, 0.717) is 5.78 Å². The molecule has 0 spiro atoms. The highest BCUT2D eigenvalue weighted by Gasteiger charge is 2.29. The highest BCUT2D eigenvalue weighted by molar-refractivity contribution is 8.25. The molecule has 0 fully saturated rings. The van der Waals surface area contributed by atoms with Gasteiger partial charge in [0, 0.05) is 0 Å². The Bertz CT molecular complexity index is 429. The van der Waals surface area contributed by atoms with E-state index in [4.69, 9.17) is 0 Å². The van der Waals surface area contributed by atoms with Gasteiger partial charge in [-0.05, 0) is 48.3 Å². The number of carbonyl (C=O) groups is 1. The molecular formula is C15H22OS2. The van der Waals surface area contributed by atoms with Gasteiger partial charge < -0.3 is 0 Å². The minimum Gasteiger partial charge on any atom is -0.297 e.